The molecule has 7 nitrogen and oxygen atoms in total. The number of benzene rings is 2. The zero-order valence-corrected chi connectivity index (χ0v) is 21.2. The largest absolute Gasteiger partial charge is 0.389 e. The Balaban J connectivity index is 1.64. The number of sulfonamides is 1. The Morgan fingerprint density at radius 2 is 1.80 bits per heavy atom. The fourth-order valence-corrected chi connectivity index (χ4v) is 6.80. The number of hydrogen-bond acceptors (Lipinski definition) is 6. The molecule has 0 aromatic heterocycles. The van der Waals surface area contributed by atoms with Crippen molar-refractivity contribution in [1.82, 2.24) is 9.62 Å². The third kappa shape index (κ3) is 5.30. The topological polar surface area (TPSA) is 99.1 Å². The molecule has 9 heteroatoms. The average Bonchev–Trinajstić information content (AvgIpc) is 2.90. The number of ether oxygens (including phenoxy) is 1. The Bertz CT molecular complexity index is 1110. The van der Waals surface area contributed by atoms with Gasteiger partial charge in [0.05, 0.1) is 28.3 Å². The summed E-state index contributed by atoms with van der Waals surface area (Å²) < 4.78 is 47.9. The SMILES string of the molecule is CN(C)[C@@H]1CC[C@@]2([C@@H](O)CNS(=O)(=O)c3ccc(F)cc3)C[C@H](c3ccccc3)C[C@](C)(O2)[C@H]1O. The van der Waals surface area contributed by atoms with E-state index in [4.69, 9.17) is 4.74 Å². The minimum atomic E-state index is -3.96. The van der Waals surface area contributed by atoms with Crippen LogP contribution < -0.4 is 4.72 Å². The summed E-state index contributed by atoms with van der Waals surface area (Å²) in [5.74, 6) is -0.508. The lowest BCUT2D eigenvalue weighted by molar-refractivity contribution is -0.250. The Kier molecular flexibility index (Phi) is 7.39. The molecule has 2 saturated heterocycles. The van der Waals surface area contributed by atoms with E-state index >= 15 is 0 Å². The lowest BCUT2D eigenvalue weighted by atomic mass is 9.72. The van der Waals surface area contributed by atoms with Gasteiger partial charge in [0.1, 0.15) is 5.82 Å². The highest BCUT2D eigenvalue weighted by Gasteiger charge is 2.57. The molecule has 2 aromatic carbocycles. The highest BCUT2D eigenvalue weighted by atomic mass is 32.2. The van der Waals surface area contributed by atoms with Gasteiger partial charge in [-0.2, -0.15) is 0 Å². The summed E-state index contributed by atoms with van der Waals surface area (Å²) >= 11 is 0. The molecule has 0 unspecified atom stereocenters. The number of nitrogens with one attached hydrogen (secondary N) is 1. The van der Waals surface area contributed by atoms with Gasteiger partial charge in [-0.1, -0.05) is 30.3 Å². The van der Waals surface area contributed by atoms with Gasteiger partial charge in [-0.25, -0.2) is 17.5 Å². The number of fused-ring (bicyclic) bond motifs is 2. The second kappa shape index (κ2) is 9.88. The molecule has 2 fully saturated rings. The molecule has 2 bridgehead atoms. The molecular formula is C26H35FN2O5S. The lowest BCUT2D eigenvalue weighted by Crippen LogP contribution is -2.61. The number of hydrogen-bond donors (Lipinski definition) is 3. The third-order valence-electron chi connectivity index (χ3n) is 7.67. The van der Waals surface area contributed by atoms with E-state index in [-0.39, 0.29) is 23.4 Å². The molecule has 0 aliphatic carbocycles. The average molecular weight is 507 g/mol. The molecule has 6 atom stereocenters. The van der Waals surface area contributed by atoms with Crippen molar-refractivity contribution >= 4 is 10.0 Å². The van der Waals surface area contributed by atoms with E-state index in [2.05, 4.69) is 4.72 Å². The zero-order chi connectivity index (χ0) is 25.4. The van der Waals surface area contributed by atoms with Crippen molar-refractivity contribution < 1.29 is 27.8 Å². The van der Waals surface area contributed by atoms with Crippen LogP contribution in [0.5, 0.6) is 0 Å². The Hall–Kier alpha value is -1.88. The minimum Gasteiger partial charge on any atom is -0.389 e. The lowest BCUT2D eigenvalue weighted by Gasteiger charge is -2.52. The molecular weight excluding hydrogens is 471 g/mol. The van der Waals surface area contributed by atoms with Crippen LogP contribution in [0.25, 0.3) is 0 Å². The predicted molar refractivity (Wildman–Crippen MR) is 131 cm³/mol. The van der Waals surface area contributed by atoms with Crippen molar-refractivity contribution in [2.24, 2.45) is 0 Å². The van der Waals surface area contributed by atoms with E-state index in [0.717, 1.165) is 17.7 Å². The maximum absolute atomic E-state index is 13.2. The number of likely N-dealkylation sites (N-methyl/N-ethyl adjacent to an activating group) is 1. The predicted octanol–water partition coefficient (Wildman–Crippen LogP) is 2.64. The van der Waals surface area contributed by atoms with E-state index in [1.165, 1.54) is 12.1 Å². The Labute approximate surface area is 207 Å². The summed E-state index contributed by atoms with van der Waals surface area (Å²) in [5, 5.41) is 22.8. The fraction of sp³-hybridized carbons (Fsp3) is 0.538. The van der Waals surface area contributed by atoms with Crippen LogP contribution >= 0.6 is 0 Å². The summed E-state index contributed by atoms with van der Waals surface area (Å²) in [6.07, 6.45) is 0.195. The maximum atomic E-state index is 13.2. The van der Waals surface area contributed by atoms with Crippen LogP contribution in [-0.4, -0.2) is 73.6 Å². The van der Waals surface area contributed by atoms with Crippen LogP contribution in [0, 0.1) is 5.82 Å². The van der Waals surface area contributed by atoms with Crippen molar-refractivity contribution in [2.45, 2.75) is 72.9 Å². The summed E-state index contributed by atoms with van der Waals surface area (Å²) in [6, 6.07) is 14.3. The van der Waals surface area contributed by atoms with E-state index in [0.29, 0.717) is 25.7 Å². The van der Waals surface area contributed by atoms with Gasteiger partial charge in [0, 0.05) is 12.6 Å². The number of rotatable bonds is 7. The number of halogens is 1. The van der Waals surface area contributed by atoms with Crippen LogP contribution in [0.3, 0.4) is 0 Å². The molecule has 2 aliphatic heterocycles. The fourth-order valence-electron chi connectivity index (χ4n) is 5.76. The number of aliphatic hydroxyl groups is 2. The molecule has 35 heavy (non-hydrogen) atoms. The standard InChI is InChI=1S/C26H35FN2O5S/c1-25-15-19(18-7-5-4-6-8-18)16-26(34-25,14-13-22(24(25)31)29(2)3)23(30)17-28-35(32,33)21-11-9-20(27)10-12-21/h4-12,19,22-24,28,30-31H,13-17H2,1-3H3/t19-,22-,23+,24+,25+,26+/m1/s1. The van der Waals surface area contributed by atoms with Crippen molar-refractivity contribution in [3.8, 4) is 0 Å². The van der Waals surface area contributed by atoms with Crippen LogP contribution in [0.4, 0.5) is 4.39 Å². The van der Waals surface area contributed by atoms with E-state index in [1.807, 2.05) is 56.3 Å². The quantitative estimate of drug-likeness (QED) is 0.534. The third-order valence-corrected chi connectivity index (χ3v) is 9.11. The van der Waals surface area contributed by atoms with Crippen molar-refractivity contribution in [3.63, 3.8) is 0 Å². The second-order valence-electron chi connectivity index (χ2n) is 10.3. The van der Waals surface area contributed by atoms with Gasteiger partial charge in [0.25, 0.3) is 0 Å². The molecule has 0 radical (unpaired) electrons. The summed E-state index contributed by atoms with van der Waals surface area (Å²) in [7, 11) is -0.121. The minimum absolute atomic E-state index is 0.0221. The maximum Gasteiger partial charge on any atom is 0.240 e. The van der Waals surface area contributed by atoms with Gasteiger partial charge in [-0.05, 0) is 82.4 Å². The monoisotopic (exact) mass is 506 g/mol. The highest BCUT2D eigenvalue weighted by molar-refractivity contribution is 7.89. The van der Waals surface area contributed by atoms with Gasteiger partial charge < -0.3 is 19.8 Å². The molecule has 2 aromatic rings. The van der Waals surface area contributed by atoms with Crippen molar-refractivity contribution in [2.75, 3.05) is 20.6 Å². The first kappa shape index (κ1) is 26.2. The van der Waals surface area contributed by atoms with Crippen LogP contribution in [0.2, 0.25) is 0 Å². The normalized spacial score (nSPS) is 32.3. The second-order valence-corrected chi connectivity index (χ2v) is 12.1. The van der Waals surface area contributed by atoms with Gasteiger partial charge in [-0.3, -0.25) is 0 Å². The molecule has 0 spiro atoms. The summed E-state index contributed by atoms with van der Waals surface area (Å²) in [5.41, 5.74) is -0.882. The van der Waals surface area contributed by atoms with E-state index in [1.54, 1.807) is 0 Å². The molecule has 4 rings (SSSR count). The first-order chi connectivity index (χ1) is 16.5. The van der Waals surface area contributed by atoms with E-state index < -0.39 is 39.3 Å². The molecule has 192 valence electrons. The van der Waals surface area contributed by atoms with Crippen LogP contribution in [0.15, 0.2) is 59.5 Å². The molecule has 2 aliphatic rings. The molecule has 3 N–H and O–H groups in total. The number of nitrogens with zero attached hydrogens (tertiary/aromatic N) is 1. The number of aliphatic hydroxyl groups excluding tert-OH is 2. The Morgan fingerprint density at radius 1 is 1.14 bits per heavy atom. The van der Waals surface area contributed by atoms with Crippen LogP contribution in [0.1, 0.15) is 44.1 Å². The molecule has 2 heterocycles. The summed E-state index contributed by atoms with van der Waals surface area (Å²) in [6.45, 7) is 1.62. The van der Waals surface area contributed by atoms with Gasteiger partial charge in [-0.15, -0.1) is 0 Å². The van der Waals surface area contributed by atoms with Crippen molar-refractivity contribution in [3.05, 3.63) is 66.0 Å². The smallest absolute Gasteiger partial charge is 0.240 e. The zero-order valence-electron chi connectivity index (χ0n) is 20.4. The Morgan fingerprint density at radius 3 is 2.43 bits per heavy atom. The summed E-state index contributed by atoms with van der Waals surface area (Å²) in [4.78, 5) is 1.90. The van der Waals surface area contributed by atoms with Crippen LogP contribution in [-0.2, 0) is 14.8 Å². The molecule has 0 saturated carbocycles. The van der Waals surface area contributed by atoms with Gasteiger partial charge >= 0.3 is 0 Å². The van der Waals surface area contributed by atoms with E-state index in [9.17, 15) is 23.0 Å². The first-order valence-electron chi connectivity index (χ1n) is 12.0. The van der Waals surface area contributed by atoms with Crippen molar-refractivity contribution in [1.29, 1.82) is 0 Å². The first-order valence-corrected chi connectivity index (χ1v) is 13.5. The van der Waals surface area contributed by atoms with Gasteiger partial charge in [0.15, 0.2) is 0 Å². The molecule has 0 amide bonds. The highest BCUT2D eigenvalue weighted by Crippen LogP contribution is 2.51. The van der Waals surface area contributed by atoms with Gasteiger partial charge in [0.2, 0.25) is 10.0 Å².